The number of aromatic nitrogens is 2. The summed E-state index contributed by atoms with van der Waals surface area (Å²) in [6, 6.07) is 7.81. The highest BCUT2D eigenvalue weighted by molar-refractivity contribution is 14.1. The van der Waals surface area contributed by atoms with Crippen molar-refractivity contribution in [1.29, 1.82) is 0 Å². The van der Waals surface area contributed by atoms with E-state index in [4.69, 9.17) is 10.6 Å². The summed E-state index contributed by atoms with van der Waals surface area (Å²) in [4.78, 5) is 0. The van der Waals surface area contributed by atoms with Crippen molar-refractivity contribution in [2.45, 2.75) is 6.61 Å². The van der Waals surface area contributed by atoms with Crippen molar-refractivity contribution < 1.29 is 4.74 Å². The summed E-state index contributed by atoms with van der Waals surface area (Å²) in [5.41, 5.74) is 2.44. The lowest BCUT2D eigenvalue weighted by Gasteiger charge is -2.04. The van der Waals surface area contributed by atoms with Gasteiger partial charge in [0.2, 0.25) is 5.13 Å². The lowest BCUT2D eigenvalue weighted by atomic mass is 10.3. The minimum Gasteiger partial charge on any atom is -0.485 e. The summed E-state index contributed by atoms with van der Waals surface area (Å²) in [5, 5.41) is 9.12. The molecular weight excluding hydrogens is 339 g/mol. The number of nitrogens with zero attached hydrogens (tertiary/aromatic N) is 2. The minimum atomic E-state index is 0.402. The second-order valence-electron chi connectivity index (χ2n) is 2.86. The molecule has 16 heavy (non-hydrogen) atoms. The summed E-state index contributed by atoms with van der Waals surface area (Å²) in [7, 11) is 0. The fourth-order valence-electron chi connectivity index (χ4n) is 1.07. The van der Waals surface area contributed by atoms with E-state index in [9.17, 15) is 0 Å². The molecule has 5 nitrogen and oxygen atoms in total. The molecule has 0 spiro atoms. The third-order valence-electron chi connectivity index (χ3n) is 1.78. The molecule has 1 heterocycles. The number of ether oxygens (including phenoxy) is 1. The fourth-order valence-corrected chi connectivity index (χ4v) is 2.18. The van der Waals surface area contributed by atoms with Crippen LogP contribution < -0.4 is 16.0 Å². The third-order valence-corrected chi connectivity index (χ3v) is 3.50. The van der Waals surface area contributed by atoms with Crippen LogP contribution in [-0.4, -0.2) is 10.2 Å². The van der Waals surface area contributed by atoms with E-state index >= 15 is 0 Å². The number of halogens is 1. The van der Waals surface area contributed by atoms with Crippen LogP contribution in [0.5, 0.6) is 5.75 Å². The minimum absolute atomic E-state index is 0.402. The van der Waals surface area contributed by atoms with Gasteiger partial charge in [-0.2, -0.15) is 0 Å². The van der Waals surface area contributed by atoms with Gasteiger partial charge in [-0.3, -0.25) is 5.43 Å². The largest absolute Gasteiger partial charge is 0.485 e. The van der Waals surface area contributed by atoms with Crippen LogP contribution in [0.4, 0.5) is 5.13 Å². The van der Waals surface area contributed by atoms with E-state index < -0.39 is 0 Å². The predicted molar refractivity (Wildman–Crippen MR) is 71.2 cm³/mol. The Morgan fingerprint density at radius 3 is 2.88 bits per heavy atom. The van der Waals surface area contributed by atoms with Crippen molar-refractivity contribution in [3.05, 3.63) is 32.8 Å². The molecule has 0 saturated carbocycles. The summed E-state index contributed by atoms with van der Waals surface area (Å²) in [6.45, 7) is 0.402. The Balaban J connectivity index is 1.99. The first-order valence-electron chi connectivity index (χ1n) is 4.46. The number of hydrogen-bond acceptors (Lipinski definition) is 6. The maximum atomic E-state index is 5.61. The van der Waals surface area contributed by atoms with E-state index in [0.29, 0.717) is 11.7 Å². The van der Waals surface area contributed by atoms with Crippen LogP contribution in [0, 0.1) is 3.57 Å². The second kappa shape index (κ2) is 5.41. The van der Waals surface area contributed by atoms with Gasteiger partial charge in [-0.05, 0) is 34.7 Å². The van der Waals surface area contributed by atoms with Crippen molar-refractivity contribution in [3.63, 3.8) is 0 Å². The smallest absolute Gasteiger partial charge is 0.219 e. The molecule has 84 valence electrons. The molecule has 2 rings (SSSR count). The number of anilines is 1. The van der Waals surface area contributed by atoms with Crippen LogP contribution in [-0.2, 0) is 6.61 Å². The molecule has 0 saturated heterocycles. The number of hydrazine groups is 1. The first-order chi connectivity index (χ1) is 7.79. The first-order valence-corrected chi connectivity index (χ1v) is 6.35. The van der Waals surface area contributed by atoms with Gasteiger partial charge in [0.25, 0.3) is 0 Å². The van der Waals surface area contributed by atoms with E-state index in [0.717, 1.165) is 14.3 Å². The quantitative estimate of drug-likeness (QED) is 0.502. The maximum Gasteiger partial charge on any atom is 0.219 e. The van der Waals surface area contributed by atoms with Gasteiger partial charge in [-0.15, -0.1) is 10.2 Å². The van der Waals surface area contributed by atoms with Crippen molar-refractivity contribution in [2.75, 3.05) is 5.43 Å². The highest BCUT2D eigenvalue weighted by Crippen LogP contribution is 2.22. The van der Waals surface area contributed by atoms with Crippen LogP contribution in [0.25, 0.3) is 0 Å². The molecule has 7 heteroatoms. The van der Waals surface area contributed by atoms with Gasteiger partial charge in [-0.25, -0.2) is 5.84 Å². The molecule has 0 aliphatic heterocycles. The lowest BCUT2D eigenvalue weighted by Crippen LogP contribution is -2.05. The van der Waals surface area contributed by atoms with Crippen LogP contribution in [0.2, 0.25) is 0 Å². The summed E-state index contributed by atoms with van der Waals surface area (Å²) in [5.74, 6) is 6.06. The molecule has 0 bridgehead atoms. The van der Waals surface area contributed by atoms with Crippen LogP contribution in [0.3, 0.4) is 0 Å². The van der Waals surface area contributed by atoms with E-state index in [1.165, 1.54) is 11.3 Å². The Kier molecular flexibility index (Phi) is 3.91. The molecule has 0 atom stereocenters. The van der Waals surface area contributed by atoms with E-state index in [1.807, 2.05) is 24.3 Å². The number of benzene rings is 1. The summed E-state index contributed by atoms with van der Waals surface area (Å²) in [6.07, 6.45) is 0. The molecule has 0 radical (unpaired) electrons. The number of para-hydroxylation sites is 1. The molecule has 0 aliphatic rings. The topological polar surface area (TPSA) is 73.1 Å². The SMILES string of the molecule is NNc1nnc(COc2ccccc2I)s1. The standard InChI is InChI=1S/C9H9IN4OS/c10-6-3-1-2-4-7(6)15-5-8-13-14-9(12-11)16-8/h1-4H,5,11H2,(H,12,14). The Bertz CT molecular complexity index is 476. The Labute approximate surface area is 110 Å². The normalized spacial score (nSPS) is 10.1. The van der Waals surface area contributed by atoms with Gasteiger partial charge in [0.1, 0.15) is 12.4 Å². The monoisotopic (exact) mass is 348 g/mol. The molecule has 0 aliphatic carbocycles. The van der Waals surface area contributed by atoms with Crippen LogP contribution in [0.15, 0.2) is 24.3 Å². The number of rotatable bonds is 4. The first kappa shape index (κ1) is 11.6. The van der Waals surface area contributed by atoms with Crippen molar-refractivity contribution in [2.24, 2.45) is 5.84 Å². The van der Waals surface area contributed by atoms with Crippen LogP contribution >= 0.6 is 33.9 Å². The number of nitrogens with two attached hydrogens (primary N) is 1. The number of nitrogen functional groups attached to an aromatic ring is 1. The van der Waals surface area contributed by atoms with Gasteiger partial charge in [0, 0.05) is 0 Å². The molecular formula is C9H9IN4OS. The highest BCUT2D eigenvalue weighted by Gasteiger charge is 2.05. The summed E-state index contributed by atoms with van der Waals surface area (Å²) < 4.78 is 6.68. The molecule has 2 aromatic rings. The molecule has 1 aromatic carbocycles. The molecule has 3 N–H and O–H groups in total. The van der Waals surface area contributed by atoms with Gasteiger partial charge < -0.3 is 4.74 Å². The third kappa shape index (κ3) is 2.80. The molecule has 0 unspecified atom stereocenters. The predicted octanol–water partition coefficient (Wildman–Crippen LogP) is 2.01. The zero-order chi connectivity index (χ0) is 11.4. The number of nitrogens with one attached hydrogen (secondary N) is 1. The van der Waals surface area contributed by atoms with E-state index in [2.05, 4.69) is 38.2 Å². The van der Waals surface area contributed by atoms with Crippen molar-refractivity contribution in [1.82, 2.24) is 10.2 Å². The average Bonchev–Trinajstić information content (AvgIpc) is 2.76. The Morgan fingerprint density at radius 2 is 2.19 bits per heavy atom. The van der Waals surface area contributed by atoms with Gasteiger partial charge in [0.15, 0.2) is 5.01 Å². The van der Waals surface area contributed by atoms with Gasteiger partial charge in [-0.1, -0.05) is 23.5 Å². The van der Waals surface area contributed by atoms with Crippen molar-refractivity contribution in [3.8, 4) is 5.75 Å². The fraction of sp³-hybridized carbons (Fsp3) is 0.111. The molecule has 0 amide bonds. The zero-order valence-electron chi connectivity index (χ0n) is 8.18. The number of hydrogen-bond donors (Lipinski definition) is 2. The van der Waals surface area contributed by atoms with Crippen LogP contribution in [0.1, 0.15) is 5.01 Å². The summed E-state index contributed by atoms with van der Waals surface area (Å²) >= 11 is 3.60. The lowest BCUT2D eigenvalue weighted by molar-refractivity contribution is 0.302. The maximum absolute atomic E-state index is 5.61. The zero-order valence-corrected chi connectivity index (χ0v) is 11.2. The van der Waals surface area contributed by atoms with Gasteiger partial charge >= 0.3 is 0 Å². The highest BCUT2D eigenvalue weighted by atomic mass is 127. The molecule has 1 aromatic heterocycles. The Hall–Kier alpha value is -0.930. The van der Waals surface area contributed by atoms with Gasteiger partial charge in [0.05, 0.1) is 3.57 Å². The van der Waals surface area contributed by atoms with E-state index in [1.54, 1.807) is 0 Å². The molecule has 0 fully saturated rings. The van der Waals surface area contributed by atoms with E-state index in [-0.39, 0.29) is 0 Å². The second-order valence-corrected chi connectivity index (χ2v) is 5.09. The average molecular weight is 348 g/mol. The van der Waals surface area contributed by atoms with Crippen molar-refractivity contribution >= 4 is 39.1 Å². The Morgan fingerprint density at radius 1 is 1.38 bits per heavy atom.